The summed E-state index contributed by atoms with van der Waals surface area (Å²) in [4.78, 5) is 12.9. The number of para-hydroxylation sites is 1. The normalized spacial score (nSPS) is 15.9. The summed E-state index contributed by atoms with van der Waals surface area (Å²) >= 11 is 0. The lowest BCUT2D eigenvalue weighted by atomic mass is 10.2. The molecule has 1 fully saturated rings. The Bertz CT molecular complexity index is 595. The zero-order valence-electron chi connectivity index (χ0n) is 11.7. The van der Waals surface area contributed by atoms with Gasteiger partial charge in [0.15, 0.2) is 0 Å². The molecule has 0 unspecified atom stereocenters. The van der Waals surface area contributed by atoms with Crippen molar-refractivity contribution in [1.82, 2.24) is 14.9 Å². The molecule has 0 bridgehead atoms. The average molecular weight is 274 g/mol. The quantitative estimate of drug-likeness (QED) is 0.856. The molecule has 4 nitrogen and oxygen atoms in total. The van der Waals surface area contributed by atoms with Crippen molar-refractivity contribution in [3.63, 3.8) is 0 Å². The van der Waals surface area contributed by atoms with E-state index < -0.39 is 0 Å². The van der Waals surface area contributed by atoms with Crippen LogP contribution in [0.15, 0.2) is 24.5 Å². The largest absolute Gasteiger partial charge is 0.358 e. The molecule has 1 aromatic carbocycles. The summed E-state index contributed by atoms with van der Waals surface area (Å²) in [6.45, 7) is 4.29. The first kappa shape index (κ1) is 13.2. The predicted molar refractivity (Wildman–Crippen MR) is 78.4 cm³/mol. The molecule has 1 aliphatic heterocycles. The molecule has 0 spiro atoms. The summed E-state index contributed by atoms with van der Waals surface area (Å²) in [5.74, 6) is 0.507. The zero-order valence-corrected chi connectivity index (χ0v) is 11.7. The van der Waals surface area contributed by atoms with Gasteiger partial charge >= 0.3 is 0 Å². The summed E-state index contributed by atoms with van der Waals surface area (Å²) < 4.78 is 13.7. The predicted octanol–water partition coefficient (Wildman–Crippen LogP) is 2.30. The Balaban J connectivity index is 1.80. The van der Waals surface area contributed by atoms with Gasteiger partial charge < -0.3 is 9.80 Å². The van der Waals surface area contributed by atoms with E-state index in [1.165, 1.54) is 38.3 Å². The molecule has 20 heavy (non-hydrogen) atoms. The Kier molecular flexibility index (Phi) is 3.78. The molecule has 0 radical (unpaired) electrons. The van der Waals surface area contributed by atoms with E-state index in [2.05, 4.69) is 19.8 Å². The van der Waals surface area contributed by atoms with Crippen molar-refractivity contribution in [2.24, 2.45) is 0 Å². The minimum absolute atomic E-state index is 0.293. The summed E-state index contributed by atoms with van der Waals surface area (Å²) in [6.07, 6.45) is 4.03. The number of rotatable bonds is 4. The van der Waals surface area contributed by atoms with Gasteiger partial charge in [0.1, 0.15) is 23.5 Å². The smallest absolute Gasteiger partial charge is 0.149 e. The lowest BCUT2D eigenvalue weighted by molar-refractivity contribution is 0.346. The number of anilines is 1. The lowest BCUT2D eigenvalue weighted by Gasteiger charge is -2.23. The van der Waals surface area contributed by atoms with Crippen LogP contribution in [0, 0.1) is 5.82 Å². The lowest BCUT2D eigenvalue weighted by Crippen LogP contribution is -2.31. The van der Waals surface area contributed by atoms with Gasteiger partial charge in [0.25, 0.3) is 0 Å². The fourth-order valence-electron chi connectivity index (χ4n) is 2.75. The van der Waals surface area contributed by atoms with E-state index in [0.29, 0.717) is 5.52 Å². The molecule has 0 aliphatic carbocycles. The number of benzene rings is 1. The van der Waals surface area contributed by atoms with Crippen LogP contribution in [0.25, 0.3) is 10.9 Å². The van der Waals surface area contributed by atoms with Gasteiger partial charge in [-0.15, -0.1) is 0 Å². The Morgan fingerprint density at radius 3 is 2.85 bits per heavy atom. The fraction of sp³-hybridized carbons (Fsp3) is 0.467. The first-order valence-corrected chi connectivity index (χ1v) is 7.08. The maximum Gasteiger partial charge on any atom is 0.149 e. The maximum absolute atomic E-state index is 13.7. The highest BCUT2D eigenvalue weighted by Gasteiger charge is 2.14. The van der Waals surface area contributed by atoms with E-state index in [1.54, 1.807) is 6.07 Å². The first-order valence-electron chi connectivity index (χ1n) is 7.08. The molecular formula is C15H19FN4. The number of hydrogen-bond acceptors (Lipinski definition) is 4. The van der Waals surface area contributed by atoms with E-state index in [4.69, 9.17) is 0 Å². The minimum atomic E-state index is -0.293. The van der Waals surface area contributed by atoms with Crippen LogP contribution in [-0.2, 0) is 0 Å². The minimum Gasteiger partial charge on any atom is -0.358 e. The van der Waals surface area contributed by atoms with E-state index in [0.717, 1.165) is 24.3 Å². The van der Waals surface area contributed by atoms with Crippen molar-refractivity contribution in [2.45, 2.75) is 12.8 Å². The molecule has 1 aromatic heterocycles. The molecule has 2 aromatic rings. The molecule has 5 heteroatoms. The average Bonchev–Trinajstić information content (AvgIpc) is 2.98. The van der Waals surface area contributed by atoms with Crippen LogP contribution in [0.5, 0.6) is 0 Å². The van der Waals surface area contributed by atoms with Crippen LogP contribution in [0.3, 0.4) is 0 Å². The van der Waals surface area contributed by atoms with Gasteiger partial charge in [-0.05, 0) is 38.1 Å². The first-order chi connectivity index (χ1) is 9.75. The molecule has 2 heterocycles. The molecular weight excluding hydrogens is 255 g/mol. The van der Waals surface area contributed by atoms with Crippen molar-refractivity contribution in [2.75, 3.05) is 38.1 Å². The number of likely N-dealkylation sites (N-methyl/N-ethyl adjacent to an activating group) is 1. The highest BCUT2D eigenvalue weighted by atomic mass is 19.1. The summed E-state index contributed by atoms with van der Waals surface area (Å²) in [7, 11) is 2.00. The van der Waals surface area contributed by atoms with Crippen molar-refractivity contribution in [1.29, 1.82) is 0 Å². The van der Waals surface area contributed by atoms with Gasteiger partial charge in [-0.1, -0.05) is 6.07 Å². The number of likely N-dealkylation sites (tertiary alicyclic amines) is 1. The van der Waals surface area contributed by atoms with Crippen LogP contribution in [0.1, 0.15) is 12.8 Å². The second-order valence-corrected chi connectivity index (χ2v) is 5.30. The number of halogens is 1. The molecule has 106 valence electrons. The standard InChI is InChI=1S/C15H19FN4/c1-19(9-10-20-7-2-3-8-20)15-12-5-4-6-13(16)14(12)17-11-18-15/h4-6,11H,2-3,7-10H2,1H3. The third-order valence-corrected chi connectivity index (χ3v) is 3.91. The molecule has 1 aliphatic rings. The second-order valence-electron chi connectivity index (χ2n) is 5.30. The Labute approximate surface area is 118 Å². The van der Waals surface area contributed by atoms with E-state index in [-0.39, 0.29) is 5.82 Å². The second kappa shape index (κ2) is 5.71. The van der Waals surface area contributed by atoms with Gasteiger partial charge in [0.05, 0.1) is 0 Å². The topological polar surface area (TPSA) is 32.3 Å². The fourth-order valence-corrected chi connectivity index (χ4v) is 2.75. The molecule has 0 N–H and O–H groups in total. The van der Waals surface area contributed by atoms with Crippen molar-refractivity contribution in [3.8, 4) is 0 Å². The van der Waals surface area contributed by atoms with Gasteiger partial charge in [-0.25, -0.2) is 14.4 Å². The van der Waals surface area contributed by atoms with Crippen LogP contribution in [-0.4, -0.2) is 48.1 Å². The highest BCUT2D eigenvalue weighted by Crippen LogP contribution is 2.23. The Hall–Kier alpha value is -1.75. The third-order valence-electron chi connectivity index (χ3n) is 3.91. The van der Waals surface area contributed by atoms with Crippen LogP contribution in [0.4, 0.5) is 10.2 Å². The number of fused-ring (bicyclic) bond motifs is 1. The number of hydrogen-bond donors (Lipinski definition) is 0. The van der Waals surface area contributed by atoms with E-state index >= 15 is 0 Å². The van der Waals surface area contributed by atoms with Crippen LogP contribution >= 0.6 is 0 Å². The van der Waals surface area contributed by atoms with Crippen LogP contribution in [0.2, 0.25) is 0 Å². The summed E-state index contributed by atoms with van der Waals surface area (Å²) in [6, 6.07) is 5.02. The SMILES string of the molecule is CN(CCN1CCCC1)c1ncnc2c(F)cccc12. The number of aromatic nitrogens is 2. The van der Waals surface area contributed by atoms with E-state index in [1.807, 2.05) is 13.1 Å². The van der Waals surface area contributed by atoms with Crippen molar-refractivity contribution >= 4 is 16.7 Å². The highest BCUT2D eigenvalue weighted by molar-refractivity contribution is 5.89. The molecule has 0 amide bonds. The summed E-state index contributed by atoms with van der Waals surface area (Å²) in [5, 5.41) is 0.774. The van der Waals surface area contributed by atoms with Crippen molar-refractivity contribution in [3.05, 3.63) is 30.3 Å². The molecule has 1 saturated heterocycles. The van der Waals surface area contributed by atoms with Gasteiger partial charge in [0, 0.05) is 25.5 Å². The summed E-state index contributed by atoms with van der Waals surface area (Å²) in [5.41, 5.74) is 0.394. The number of nitrogens with zero attached hydrogens (tertiary/aromatic N) is 4. The molecule has 0 atom stereocenters. The van der Waals surface area contributed by atoms with Crippen molar-refractivity contribution < 1.29 is 4.39 Å². The Morgan fingerprint density at radius 1 is 1.25 bits per heavy atom. The van der Waals surface area contributed by atoms with Gasteiger partial charge in [-0.3, -0.25) is 0 Å². The van der Waals surface area contributed by atoms with Crippen LogP contribution < -0.4 is 4.90 Å². The monoisotopic (exact) mass is 274 g/mol. The third kappa shape index (κ3) is 2.58. The Morgan fingerprint density at radius 2 is 2.05 bits per heavy atom. The van der Waals surface area contributed by atoms with E-state index in [9.17, 15) is 4.39 Å². The van der Waals surface area contributed by atoms with Gasteiger partial charge in [-0.2, -0.15) is 0 Å². The molecule has 0 saturated carbocycles. The maximum atomic E-state index is 13.7. The zero-order chi connectivity index (χ0) is 13.9. The molecule has 3 rings (SSSR count). The van der Waals surface area contributed by atoms with Gasteiger partial charge in [0.2, 0.25) is 0 Å².